The number of unbranched alkanes of at least 4 members (excludes halogenated alkanes) is 1. The molecule has 1 rings (SSSR count). The van der Waals surface area contributed by atoms with Gasteiger partial charge in [-0.05, 0) is 18.4 Å². The van der Waals surface area contributed by atoms with Crippen LogP contribution in [0.5, 0.6) is 0 Å². The van der Waals surface area contributed by atoms with Crippen molar-refractivity contribution >= 4 is 5.97 Å². The number of carbonyl (C=O) groups is 1. The Morgan fingerprint density at radius 1 is 1.39 bits per heavy atom. The smallest absolute Gasteiger partial charge is 0.325 e. The number of carbonyl (C=O) groups excluding carboxylic acids is 1. The van der Waals surface area contributed by atoms with Crippen LogP contribution in [0.4, 0.5) is 0 Å². The molecule has 0 amide bonds. The Hall–Kier alpha value is -1.39. The standard InChI is InChI=1S/C14H22N2O2/c1-3-4-10-18-14(17)13(16(2)15)11-12-8-6-5-7-9-12/h5-9,13H,3-4,10-11,15H2,1-2H3. The molecule has 1 atom stereocenters. The molecule has 0 saturated carbocycles. The van der Waals surface area contributed by atoms with Crippen LogP contribution < -0.4 is 5.84 Å². The predicted molar refractivity (Wildman–Crippen MR) is 71.8 cm³/mol. The molecule has 2 N–H and O–H groups in total. The van der Waals surface area contributed by atoms with Crippen LogP contribution >= 0.6 is 0 Å². The van der Waals surface area contributed by atoms with Gasteiger partial charge in [0.2, 0.25) is 0 Å². The molecule has 1 aromatic carbocycles. The second-order valence-corrected chi connectivity index (χ2v) is 4.39. The molecule has 0 aromatic heterocycles. The summed E-state index contributed by atoms with van der Waals surface area (Å²) in [6, 6.07) is 9.39. The van der Waals surface area contributed by atoms with E-state index in [9.17, 15) is 4.79 Å². The summed E-state index contributed by atoms with van der Waals surface area (Å²) in [5.74, 6) is 5.47. The summed E-state index contributed by atoms with van der Waals surface area (Å²) < 4.78 is 5.22. The van der Waals surface area contributed by atoms with Crippen molar-refractivity contribution in [1.29, 1.82) is 0 Å². The topological polar surface area (TPSA) is 55.6 Å². The lowest BCUT2D eigenvalue weighted by Gasteiger charge is -2.22. The van der Waals surface area contributed by atoms with Crippen molar-refractivity contribution in [2.24, 2.45) is 5.84 Å². The van der Waals surface area contributed by atoms with Crippen LogP contribution in [0.2, 0.25) is 0 Å². The molecule has 0 saturated heterocycles. The zero-order valence-corrected chi connectivity index (χ0v) is 11.1. The monoisotopic (exact) mass is 250 g/mol. The maximum atomic E-state index is 11.9. The van der Waals surface area contributed by atoms with Gasteiger partial charge >= 0.3 is 5.97 Å². The maximum absolute atomic E-state index is 11.9. The molecule has 1 aromatic rings. The molecular formula is C14H22N2O2. The van der Waals surface area contributed by atoms with Gasteiger partial charge in [0.25, 0.3) is 0 Å². The highest BCUT2D eigenvalue weighted by molar-refractivity contribution is 5.76. The average Bonchev–Trinajstić information content (AvgIpc) is 2.37. The summed E-state index contributed by atoms with van der Waals surface area (Å²) in [6.45, 7) is 2.53. The van der Waals surface area contributed by atoms with Crippen LogP contribution in [0.3, 0.4) is 0 Å². The summed E-state index contributed by atoms with van der Waals surface area (Å²) >= 11 is 0. The Morgan fingerprint density at radius 2 is 2.06 bits per heavy atom. The van der Waals surface area contributed by atoms with Crippen molar-refractivity contribution in [3.8, 4) is 0 Å². The summed E-state index contributed by atoms with van der Waals surface area (Å²) in [5.41, 5.74) is 1.08. The number of likely N-dealkylation sites (N-methyl/N-ethyl adjacent to an activating group) is 1. The van der Waals surface area contributed by atoms with Crippen molar-refractivity contribution < 1.29 is 9.53 Å². The maximum Gasteiger partial charge on any atom is 0.325 e. The van der Waals surface area contributed by atoms with E-state index in [4.69, 9.17) is 10.6 Å². The number of nitrogens with zero attached hydrogens (tertiary/aromatic N) is 1. The predicted octanol–water partition coefficient (Wildman–Crippen LogP) is 1.75. The zero-order valence-electron chi connectivity index (χ0n) is 11.1. The first-order valence-corrected chi connectivity index (χ1v) is 6.33. The van der Waals surface area contributed by atoms with E-state index < -0.39 is 6.04 Å². The fraction of sp³-hybridized carbons (Fsp3) is 0.500. The van der Waals surface area contributed by atoms with Crippen molar-refractivity contribution in [3.05, 3.63) is 35.9 Å². The highest BCUT2D eigenvalue weighted by atomic mass is 16.5. The SMILES string of the molecule is CCCCOC(=O)C(Cc1ccccc1)N(C)N. The van der Waals surface area contributed by atoms with Gasteiger partial charge in [-0.1, -0.05) is 43.7 Å². The zero-order chi connectivity index (χ0) is 13.4. The van der Waals surface area contributed by atoms with Crippen molar-refractivity contribution in [1.82, 2.24) is 5.01 Å². The Bertz CT molecular complexity index is 352. The van der Waals surface area contributed by atoms with Gasteiger partial charge in [0.15, 0.2) is 0 Å². The normalized spacial score (nSPS) is 12.4. The van der Waals surface area contributed by atoms with E-state index in [1.165, 1.54) is 5.01 Å². The number of benzene rings is 1. The molecule has 100 valence electrons. The van der Waals surface area contributed by atoms with Gasteiger partial charge in [0.1, 0.15) is 6.04 Å². The second kappa shape index (κ2) is 7.84. The van der Waals surface area contributed by atoms with E-state index in [2.05, 4.69) is 6.92 Å². The molecule has 0 radical (unpaired) electrons. The molecule has 18 heavy (non-hydrogen) atoms. The minimum Gasteiger partial charge on any atom is -0.464 e. The van der Waals surface area contributed by atoms with Crippen LogP contribution in [-0.2, 0) is 16.0 Å². The minimum atomic E-state index is -0.427. The molecule has 0 fully saturated rings. The van der Waals surface area contributed by atoms with Crippen molar-refractivity contribution in [3.63, 3.8) is 0 Å². The van der Waals surface area contributed by atoms with Crippen LogP contribution in [0, 0.1) is 0 Å². The van der Waals surface area contributed by atoms with Gasteiger partial charge in [0, 0.05) is 7.05 Å². The largest absolute Gasteiger partial charge is 0.464 e. The Morgan fingerprint density at radius 3 is 2.61 bits per heavy atom. The van der Waals surface area contributed by atoms with E-state index in [0.717, 1.165) is 18.4 Å². The number of hydrogen-bond acceptors (Lipinski definition) is 4. The van der Waals surface area contributed by atoms with Crippen LogP contribution in [0.15, 0.2) is 30.3 Å². The molecule has 0 aliphatic heterocycles. The Labute approximate surface area is 109 Å². The summed E-state index contributed by atoms with van der Waals surface area (Å²) in [4.78, 5) is 11.9. The van der Waals surface area contributed by atoms with Gasteiger partial charge in [-0.2, -0.15) is 0 Å². The van der Waals surface area contributed by atoms with Gasteiger partial charge < -0.3 is 4.74 Å². The van der Waals surface area contributed by atoms with Gasteiger partial charge in [-0.15, -0.1) is 0 Å². The summed E-state index contributed by atoms with van der Waals surface area (Å²) in [5, 5.41) is 1.42. The summed E-state index contributed by atoms with van der Waals surface area (Å²) in [6.07, 6.45) is 2.46. The first-order valence-electron chi connectivity index (χ1n) is 6.33. The number of esters is 1. The van der Waals surface area contributed by atoms with Crippen LogP contribution in [0.1, 0.15) is 25.3 Å². The molecule has 4 heteroatoms. The molecule has 0 aliphatic carbocycles. The number of rotatable bonds is 7. The fourth-order valence-corrected chi connectivity index (χ4v) is 1.64. The molecular weight excluding hydrogens is 228 g/mol. The van der Waals surface area contributed by atoms with Gasteiger partial charge in [-0.3, -0.25) is 10.6 Å². The van der Waals surface area contributed by atoms with Gasteiger partial charge in [-0.25, -0.2) is 5.01 Å². The molecule has 4 nitrogen and oxygen atoms in total. The van der Waals surface area contributed by atoms with E-state index in [-0.39, 0.29) is 5.97 Å². The number of hydrogen-bond donors (Lipinski definition) is 1. The van der Waals surface area contributed by atoms with Crippen LogP contribution in [-0.4, -0.2) is 30.7 Å². The quantitative estimate of drug-likeness (QED) is 0.347. The van der Waals surface area contributed by atoms with Crippen LogP contribution in [0.25, 0.3) is 0 Å². The van der Waals surface area contributed by atoms with Crippen molar-refractivity contribution in [2.45, 2.75) is 32.2 Å². The van der Waals surface area contributed by atoms with E-state index in [0.29, 0.717) is 13.0 Å². The summed E-state index contributed by atoms with van der Waals surface area (Å²) in [7, 11) is 1.69. The van der Waals surface area contributed by atoms with E-state index in [1.54, 1.807) is 7.05 Å². The molecule has 0 heterocycles. The number of nitrogens with two attached hydrogens (primary N) is 1. The third kappa shape index (κ3) is 4.85. The lowest BCUT2D eigenvalue weighted by Crippen LogP contribution is -2.45. The molecule has 0 aliphatic rings. The fourth-order valence-electron chi connectivity index (χ4n) is 1.64. The third-order valence-corrected chi connectivity index (χ3v) is 2.78. The minimum absolute atomic E-state index is 0.252. The number of hydrazine groups is 1. The van der Waals surface area contributed by atoms with E-state index >= 15 is 0 Å². The second-order valence-electron chi connectivity index (χ2n) is 4.39. The highest BCUT2D eigenvalue weighted by Crippen LogP contribution is 2.07. The Balaban J connectivity index is 2.57. The van der Waals surface area contributed by atoms with Crippen molar-refractivity contribution in [2.75, 3.05) is 13.7 Å². The molecule has 0 spiro atoms. The Kier molecular flexibility index (Phi) is 6.39. The first kappa shape index (κ1) is 14.7. The highest BCUT2D eigenvalue weighted by Gasteiger charge is 2.23. The molecule has 0 bridgehead atoms. The first-order chi connectivity index (χ1) is 8.65. The average molecular weight is 250 g/mol. The third-order valence-electron chi connectivity index (χ3n) is 2.78. The lowest BCUT2D eigenvalue weighted by molar-refractivity contribution is -0.149. The van der Waals surface area contributed by atoms with E-state index in [1.807, 2.05) is 30.3 Å². The lowest BCUT2D eigenvalue weighted by atomic mass is 10.1. The number of ether oxygens (including phenoxy) is 1. The van der Waals surface area contributed by atoms with Gasteiger partial charge in [0.05, 0.1) is 6.61 Å². The molecule has 1 unspecified atom stereocenters.